The fourth-order valence-electron chi connectivity index (χ4n) is 4.10. The number of nitrogens with zero attached hydrogens (tertiary/aromatic N) is 3. The molecule has 2 unspecified atom stereocenters. The predicted octanol–water partition coefficient (Wildman–Crippen LogP) is 2.70. The van der Waals surface area contributed by atoms with E-state index in [-0.39, 0.29) is 11.8 Å². The van der Waals surface area contributed by atoms with Crippen LogP contribution in [0.25, 0.3) is 11.1 Å². The van der Waals surface area contributed by atoms with Gasteiger partial charge in [-0.1, -0.05) is 19.0 Å². The Hall–Kier alpha value is -1.95. The Balaban J connectivity index is 1.59. The molecule has 4 rings (SSSR count). The number of rotatable bonds is 3. The second-order valence-corrected chi connectivity index (χ2v) is 7.48. The van der Waals surface area contributed by atoms with Crippen molar-refractivity contribution in [3.63, 3.8) is 0 Å². The molecule has 2 aromatic heterocycles. The Labute approximate surface area is 141 Å². The Morgan fingerprint density at radius 1 is 1.33 bits per heavy atom. The topological polar surface area (TPSA) is 71.3 Å². The second kappa shape index (κ2) is 5.84. The van der Waals surface area contributed by atoms with Crippen LogP contribution in [0, 0.1) is 0 Å². The lowest BCUT2D eigenvalue weighted by Gasteiger charge is -2.35. The highest BCUT2D eigenvalue weighted by Crippen LogP contribution is 2.30. The molecule has 2 saturated heterocycles. The average Bonchev–Trinajstić information content (AvgIpc) is 3.15. The molecule has 0 aromatic carbocycles. The lowest BCUT2D eigenvalue weighted by molar-refractivity contribution is 0.0681. The average molecular weight is 328 g/mol. The van der Waals surface area contributed by atoms with Crippen molar-refractivity contribution in [1.29, 1.82) is 0 Å². The minimum atomic E-state index is 0.0339. The molecule has 2 atom stereocenters. The molecule has 2 aliphatic rings. The summed E-state index contributed by atoms with van der Waals surface area (Å²) in [4.78, 5) is 19.1. The summed E-state index contributed by atoms with van der Waals surface area (Å²) in [6, 6.07) is 3.31. The summed E-state index contributed by atoms with van der Waals surface area (Å²) in [6.45, 7) is 4.12. The van der Waals surface area contributed by atoms with Crippen molar-refractivity contribution in [3.8, 4) is 0 Å². The van der Waals surface area contributed by atoms with E-state index in [0.29, 0.717) is 29.4 Å². The summed E-state index contributed by atoms with van der Waals surface area (Å²) >= 11 is 0. The summed E-state index contributed by atoms with van der Waals surface area (Å²) in [5, 5.41) is 8.55. The van der Waals surface area contributed by atoms with E-state index < -0.39 is 0 Å². The van der Waals surface area contributed by atoms with Gasteiger partial charge in [-0.25, -0.2) is 4.98 Å². The lowest BCUT2D eigenvalue weighted by Crippen LogP contribution is -2.48. The first-order valence-electron chi connectivity index (χ1n) is 8.81. The summed E-state index contributed by atoms with van der Waals surface area (Å²) in [5.41, 5.74) is 1.97. The highest BCUT2D eigenvalue weighted by molar-refractivity contribution is 5.97. The van der Waals surface area contributed by atoms with Gasteiger partial charge in [0.2, 0.25) is 0 Å². The van der Waals surface area contributed by atoms with Crippen LogP contribution in [0.4, 0.5) is 0 Å². The van der Waals surface area contributed by atoms with Gasteiger partial charge in [-0.3, -0.25) is 4.79 Å². The van der Waals surface area contributed by atoms with Crippen LogP contribution in [0.15, 0.2) is 16.8 Å². The van der Waals surface area contributed by atoms with Crippen LogP contribution < -0.4 is 5.32 Å². The van der Waals surface area contributed by atoms with Crippen LogP contribution in [-0.4, -0.2) is 46.1 Å². The standard InChI is InChI=1S/C18H24N4O2/c1-10(2)16-15-6-11(9-19-17(15)24-21-16)18(23)22(3)14-7-12-4-5-13(8-14)20-12/h6,9-10,12-14,20H,4-5,7-8H2,1-3H3. The van der Waals surface area contributed by atoms with Gasteiger partial charge in [0.05, 0.1) is 16.6 Å². The highest BCUT2D eigenvalue weighted by Gasteiger charge is 2.36. The summed E-state index contributed by atoms with van der Waals surface area (Å²) in [6.07, 6.45) is 6.15. The van der Waals surface area contributed by atoms with Crippen molar-refractivity contribution >= 4 is 17.0 Å². The summed E-state index contributed by atoms with van der Waals surface area (Å²) in [7, 11) is 1.92. The number of nitrogens with one attached hydrogen (secondary N) is 1. The maximum atomic E-state index is 12.9. The van der Waals surface area contributed by atoms with Gasteiger partial charge in [0.15, 0.2) is 0 Å². The first-order chi connectivity index (χ1) is 11.5. The first-order valence-corrected chi connectivity index (χ1v) is 8.81. The zero-order valence-electron chi connectivity index (χ0n) is 14.5. The second-order valence-electron chi connectivity index (χ2n) is 7.48. The molecule has 2 aliphatic heterocycles. The van der Waals surface area contributed by atoms with Gasteiger partial charge in [-0.05, 0) is 37.7 Å². The van der Waals surface area contributed by atoms with Gasteiger partial charge in [-0.15, -0.1) is 0 Å². The maximum Gasteiger partial charge on any atom is 0.257 e. The van der Waals surface area contributed by atoms with Gasteiger partial charge in [0.1, 0.15) is 0 Å². The molecule has 128 valence electrons. The van der Waals surface area contributed by atoms with Gasteiger partial charge in [-0.2, -0.15) is 0 Å². The van der Waals surface area contributed by atoms with Crippen LogP contribution in [0.1, 0.15) is 61.5 Å². The molecule has 24 heavy (non-hydrogen) atoms. The van der Waals surface area contributed by atoms with Crippen LogP contribution in [0.5, 0.6) is 0 Å². The summed E-state index contributed by atoms with van der Waals surface area (Å²) < 4.78 is 5.26. The van der Waals surface area contributed by atoms with E-state index in [4.69, 9.17) is 4.52 Å². The molecule has 0 saturated carbocycles. The van der Waals surface area contributed by atoms with Gasteiger partial charge < -0.3 is 14.7 Å². The van der Waals surface area contributed by atoms with Gasteiger partial charge in [0.25, 0.3) is 11.6 Å². The molecule has 2 bridgehead atoms. The number of piperidine rings is 1. The van der Waals surface area contributed by atoms with Gasteiger partial charge >= 0.3 is 0 Å². The SMILES string of the molecule is CC(C)c1noc2ncc(C(=O)N(C)C3CC4CCC(C3)N4)cc12. The third-order valence-electron chi connectivity index (χ3n) is 5.47. The van der Waals surface area contributed by atoms with E-state index in [1.165, 1.54) is 12.8 Å². The summed E-state index contributed by atoms with van der Waals surface area (Å²) in [5.74, 6) is 0.266. The Bertz CT molecular complexity index is 757. The number of hydrogen-bond donors (Lipinski definition) is 1. The number of aromatic nitrogens is 2. The molecule has 0 spiro atoms. The third-order valence-corrected chi connectivity index (χ3v) is 5.47. The van der Waals surface area contributed by atoms with Crippen molar-refractivity contribution in [2.75, 3.05) is 7.05 Å². The molecule has 0 radical (unpaired) electrons. The zero-order chi connectivity index (χ0) is 16.8. The number of fused-ring (bicyclic) bond motifs is 3. The highest BCUT2D eigenvalue weighted by atomic mass is 16.5. The van der Waals surface area contributed by atoms with Crippen molar-refractivity contribution < 1.29 is 9.32 Å². The first kappa shape index (κ1) is 15.6. The van der Waals surface area contributed by atoms with E-state index in [2.05, 4.69) is 29.3 Å². The zero-order valence-corrected chi connectivity index (χ0v) is 14.5. The minimum absolute atomic E-state index is 0.0339. The molecule has 1 N–H and O–H groups in total. The third kappa shape index (κ3) is 2.59. The number of pyridine rings is 1. The Morgan fingerprint density at radius 2 is 2.04 bits per heavy atom. The molecule has 1 amide bonds. The Morgan fingerprint density at radius 3 is 2.71 bits per heavy atom. The molecule has 2 aromatic rings. The van der Waals surface area contributed by atoms with Crippen molar-refractivity contribution in [2.45, 2.75) is 63.6 Å². The fourth-order valence-corrected chi connectivity index (χ4v) is 4.10. The van der Waals surface area contributed by atoms with E-state index >= 15 is 0 Å². The number of carbonyl (C=O) groups excluding carboxylic acids is 1. The van der Waals surface area contributed by atoms with Crippen LogP contribution in [0.2, 0.25) is 0 Å². The lowest BCUT2D eigenvalue weighted by atomic mass is 9.98. The molecular weight excluding hydrogens is 304 g/mol. The van der Waals surface area contributed by atoms with Gasteiger partial charge in [0, 0.05) is 31.4 Å². The monoisotopic (exact) mass is 328 g/mol. The van der Waals surface area contributed by atoms with E-state index in [9.17, 15) is 4.79 Å². The van der Waals surface area contributed by atoms with Crippen molar-refractivity contribution in [2.24, 2.45) is 0 Å². The molecule has 0 aliphatic carbocycles. The van der Waals surface area contributed by atoms with E-state index in [0.717, 1.165) is 23.9 Å². The van der Waals surface area contributed by atoms with Crippen LogP contribution in [-0.2, 0) is 0 Å². The smallest absolute Gasteiger partial charge is 0.257 e. The number of hydrogen-bond acceptors (Lipinski definition) is 5. The van der Waals surface area contributed by atoms with Crippen LogP contribution >= 0.6 is 0 Å². The quantitative estimate of drug-likeness (QED) is 0.938. The molecule has 6 nitrogen and oxygen atoms in total. The molecule has 6 heteroatoms. The van der Waals surface area contributed by atoms with Crippen molar-refractivity contribution in [1.82, 2.24) is 20.4 Å². The maximum absolute atomic E-state index is 12.9. The van der Waals surface area contributed by atoms with E-state index in [1.54, 1.807) is 6.20 Å². The Kier molecular flexibility index (Phi) is 3.79. The van der Waals surface area contributed by atoms with E-state index in [1.807, 2.05) is 18.0 Å². The van der Waals surface area contributed by atoms with Crippen LogP contribution in [0.3, 0.4) is 0 Å². The molecular formula is C18H24N4O2. The number of amides is 1. The largest absolute Gasteiger partial charge is 0.339 e. The van der Waals surface area contributed by atoms with Crippen molar-refractivity contribution in [3.05, 3.63) is 23.5 Å². The molecule has 4 heterocycles. The number of carbonyl (C=O) groups is 1. The molecule has 2 fully saturated rings. The fraction of sp³-hybridized carbons (Fsp3) is 0.611. The minimum Gasteiger partial charge on any atom is -0.339 e. The normalized spacial score (nSPS) is 26.2. The predicted molar refractivity (Wildman–Crippen MR) is 91.0 cm³/mol.